The molecule has 0 atom stereocenters. The highest BCUT2D eigenvalue weighted by Gasteiger charge is 1.96. The Morgan fingerprint density at radius 2 is 2.24 bits per heavy atom. The zero-order valence-corrected chi connectivity index (χ0v) is 10.8. The van der Waals surface area contributed by atoms with Crippen molar-refractivity contribution in [3.05, 3.63) is 47.7 Å². The van der Waals surface area contributed by atoms with Crippen LogP contribution in [0.25, 0.3) is 0 Å². The van der Waals surface area contributed by atoms with Crippen LogP contribution in [-0.2, 0) is 12.3 Å². The van der Waals surface area contributed by atoms with E-state index in [0.29, 0.717) is 5.82 Å². The molecule has 1 aromatic heterocycles. The second kappa shape index (κ2) is 5.77. The van der Waals surface area contributed by atoms with Gasteiger partial charge >= 0.3 is 0 Å². The first-order valence-corrected chi connectivity index (χ1v) is 6.82. The molecule has 0 saturated heterocycles. The van der Waals surface area contributed by atoms with Gasteiger partial charge in [-0.2, -0.15) is 16.9 Å². The zero-order chi connectivity index (χ0) is 12.1. The number of nitrogens with zero attached hydrogens (tertiary/aromatic N) is 2. The summed E-state index contributed by atoms with van der Waals surface area (Å²) in [6.45, 7) is 3.04. The minimum Gasteiger partial charge on any atom is -0.382 e. The summed E-state index contributed by atoms with van der Waals surface area (Å²) < 4.78 is 1.89. The monoisotopic (exact) mass is 247 g/mol. The number of nitrogen functional groups attached to an aromatic ring is 1. The van der Waals surface area contributed by atoms with Crippen LogP contribution >= 0.6 is 11.8 Å². The van der Waals surface area contributed by atoms with Crippen LogP contribution in [0, 0.1) is 6.92 Å². The molecule has 0 spiro atoms. The van der Waals surface area contributed by atoms with Crippen LogP contribution in [0.2, 0.25) is 0 Å². The molecule has 4 heteroatoms. The third-order valence-corrected chi connectivity index (χ3v) is 3.49. The lowest BCUT2D eigenvalue weighted by atomic mass is 10.2. The molecule has 1 aromatic carbocycles. The Morgan fingerprint density at radius 3 is 2.94 bits per heavy atom. The third kappa shape index (κ3) is 3.82. The van der Waals surface area contributed by atoms with Crippen molar-refractivity contribution in [1.29, 1.82) is 0 Å². The fourth-order valence-electron chi connectivity index (χ4n) is 1.65. The number of hydrogen-bond acceptors (Lipinski definition) is 3. The molecule has 0 bridgehead atoms. The number of rotatable bonds is 5. The molecule has 0 unspecified atom stereocenters. The predicted octanol–water partition coefficient (Wildman–Crippen LogP) is 2.71. The second-order valence-corrected chi connectivity index (χ2v) is 5.15. The Labute approximate surface area is 106 Å². The van der Waals surface area contributed by atoms with Gasteiger partial charge in [-0.15, -0.1) is 0 Å². The molecule has 0 aliphatic carbocycles. The summed E-state index contributed by atoms with van der Waals surface area (Å²) in [6, 6.07) is 10.5. The van der Waals surface area contributed by atoms with Gasteiger partial charge in [0.15, 0.2) is 0 Å². The molecule has 0 saturated carbocycles. The predicted molar refractivity (Wildman–Crippen MR) is 74.0 cm³/mol. The van der Waals surface area contributed by atoms with Crippen molar-refractivity contribution in [3.8, 4) is 0 Å². The summed E-state index contributed by atoms with van der Waals surface area (Å²) in [5, 5.41) is 4.15. The summed E-state index contributed by atoms with van der Waals surface area (Å²) in [5.41, 5.74) is 8.26. The molecule has 2 aromatic rings. The van der Waals surface area contributed by atoms with Crippen LogP contribution in [0.5, 0.6) is 0 Å². The molecular formula is C13H17N3S. The first-order chi connectivity index (χ1) is 8.24. The van der Waals surface area contributed by atoms with Crippen molar-refractivity contribution in [2.75, 3.05) is 11.5 Å². The SMILES string of the molecule is Cc1cccc(CSCCn2ccc(N)n2)c1. The lowest BCUT2D eigenvalue weighted by molar-refractivity contribution is 0.669. The van der Waals surface area contributed by atoms with Crippen LogP contribution in [0.1, 0.15) is 11.1 Å². The highest BCUT2D eigenvalue weighted by molar-refractivity contribution is 7.98. The first kappa shape index (κ1) is 12.0. The van der Waals surface area contributed by atoms with Gasteiger partial charge in [0, 0.05) is 17.7 Å². The van der Waals surface area contributed by atoms with Crippen LogP contribution < -0.4 is 5.73 Å². The van der Waals surface area contributed by atoms with E-state index in [1.807, 2.05) is 28.7 Å². The highest BCUT2D eigenvalue weighted by Crippen LogP contribution is 2.13. The van der Waals surface area contributed by atoms with E-state index < -0.39 is 0 Å². The molecule has 3 nitrogen and oxygen atoms in total. The van der Waals surface area contributed by atoms with Crippen molar-refractivity contribution < 1.29 is 0 Å². The van der Waals surface area contributed by atoms with E-state index in [1.165, 1.54) is 11.1 Å². The quantitative estimate of drug-likeness (QED) is 0.826. The summed E-state index contributed by atoms with van der Waals surface area (Å²) >= 11 is 1.92. The average molecular weight is 247 g/mol. The Kier molecular flexibility index (Phi) is 4.09. The summed E-state index contributed by atoms with van der Waals surface area (Å²) in [4.78, 5) is 0. The molecule has 0 aliphatic rings. The van der Waals surface area contributed by atoms with Gasteiger partial charge in [-0.1, -0.05) is 29.8 Å². The molecule has 0 fully saturated rings. The Morgan fingerprint density at radius 1 is 1.35 bits per heavy atom. The molecule has 0 amide bonds. The van der Waals surface area contributed by atoms with E-state index in [4.69, 9.17) is 5.73 Å². The van der Waals surface area contributed by atoms with Crippen molar-refractivity contribution in [2.24, 2.45) is 0 Å². The third-order valence-electron chi connectivity index (χ3n) is 2.48. The van der Waals surface area contributed by atoms with Gasteiger partial charge in [0.05, 0.1) is 6.54 Å². The molecular weight excluding hydrogens is 230 g/mol. The first-order valence-electron chi connectivity index (χ1n) is 5.66. The lowest BCUT2D eigenvalue weighted by Gasteiger charge is -2.03. The van der Waals surface area contributed by atoms with Crippen LogP contribution in [-0.4, -0.2) is 15.5 Å². The molecule has 2 N–H and O–H groups in total. The lowest BCUT2D eigenvalue weighted by Crippen LogP contribution is -2.02. The number of aryl methyl sites for hydroxylation is 2. The van der Waals surface area contributed by atoms with Crippen LogP contribution in [0.15, 0.2) is 36.5 Å². The number of nitrogens with two attached hydrogens (primary N) is 1. The smallest absolute Gasteiger partial charge is 0.145 e. The van der Waals surface area contributed by atoms with Crippen LogP contribution in [0.4, 0.5) is 5.82 Å². The van der Waals surface area contributed by atoms with Gasteiger partial charge in [-0.05, 0) is 18.6 Å². The second-order valence-electron chi connectivity index (χ2n) is 4.05. The van der Waals surface area contributed by atoms with Crippen molar-refractivity contribution in [1.82, 2.24) is 9.78 Å². The van der Waals surface area contributed by atoms with E-state index in [-0.39, 0.29) is 0 Å². The molecule has 90 valence electrons. The molecule has 1 heterocycles. The largest absolute Gasteiger partial charge is 0.382 e. The maximum Gasteiger partial charge on any atom is 0.145 e. The molecule has 2 rings (SSSR count). The van der Waals surface area contributed by atoms with E-state index in [0.717, 1.165) is 18.1 Å². The minimum atomic E-state index is 0.591. The molecule has 0 aliphatic heterocycles. The number of anilines is 1. The van der Waals surface area contributed by atoms with E-state index >= 15 is 0 Å². The average Bonchev–Trinajstić information content (AvgIpc) is 2.71. The van der Waals surface area contributed by atoms with Gasteiger partial charge < -0.3 is 5.73 Å². The maximum absolute atomic E-state index is 5.55. The number of aromatic nitrogens is 2. The van der Waals surface area contributed by atoms with Crippen molar-refractivity contribution in [3.63, 3.8) is 0 Å². The van der Waals surface area contributed by atoms with Gasteiger partial charge in [-0.3, -0.25) is 4.68 Å². The van der Waals surface area contributed by atoms with E-state index in [9.17, 15) is 0 Å². The Hall–Kier alpha value is -1.42. The van der Waals surface area contributed by atoms with Crippen molar-refractivity contribution >= 4 is 17.6 Å². The standard InChI is InChI=1S/C13H17N3S/c1-11-3-2-4-12(9-11)10-17-8-7-16-6-5-13(14)15-16/h2-6,9H,7-8,10H2,1H3,(H2,14,15). The summed E-state index contributed by atoms with van der Waals surface area (Å²) in [5.74, 6) is 2.70. The van der Waals surface area contributed by atoms with Gasteiger partial charge in [-0.25, -0.2) is 0 Å². The summed E-state index contributed by atoms with van der Waals surface area (Å²) in [6.07, 6.45) is 1.92. The normalized spacial score (nSPS) is 10.6. The zero-order valence-electron chi connectivity index (χ0n) is 9.97. The fraction of sp³-hybridized carbons (Fsp3) is 0.308. The highest BCUT2D eigenvalue weighted by atomic mass is 32.2. The number of thioether (sulfide) groups is 1. The van der Waals surface area contributed by atoms with E-state index in [2.05, 4.69) is 36.3 Å². The minimum absolute atomic E-state index is 0.591. The van der Waals surface area contributed by atoms with Crippen LogP contribution in [0.3, 0.4) is 0 Å². The summed E-state index contributed by atoms with van der Waals surface area (Å²) in [7, 11) is 0. The molecule has 0 radical (unpaired) electrons. The van der Waals surface area contributed by atoms with Gasteiger partial charge in [0.2, 0.25) is 0 Å². The number of hydrogen-bond donors (Lipinski definition) is 1. The Balaban J connectivity index is 1.73. The fourth-order valence-corrected chi connectivity index (χ4v) is 2.53. The van der Waals surface area contributed by atoms with Gasteiger partial charge in [0.1, 0.15) is 5.82 Å². The van der Waals surface area contributed by atoms with Gasteiger partial charge in [0.25, 0.3) is 0 Å². The number of benzene rings is 1. The van der Waals surface area contributed by atoms with Crippen molar-refractivity contribution in [2.45, 2.75) is 19.2 Å². The maximum atomic E-state index is 5.55. The Bertz CT molecular complexity index is 479. The van der Waals surface area contributed by atoms with E-state index in [1.54, 1.807) is 0 Å². The topological polar surface area (TPSA) is 43.8 Å². The molecule has 17 heavy (non-hydrogen) atoms.